The molecule has 0 aliphatic heterocycles. The molecule has 1 N–H and O–H groups in total. The third kappa shape index (κ3) is 12.5. The number of carbonyl (C=O) groups excluding carboxylic acids is 3. The topological polar surface area (TPSA) is 107 Å². The molecule has 0 fully saturated rings. The molecular formula is C38H51N3O6S. The first kappa shape index (κ1) is 38.4. The van der Waals surface area contributed by atoms with Crippen molar-refractivity contribution in [3.63, 3.8) is 0 Å². The van der Waals surface area contributed by atoms with E-state index in [1.807, 2.05) is 81.4 Å². The molecule has 0 spiro atoms. The fourth-order valence-electron chi connectivity index (χ4n) is 5.27. The summed E-state index contributed by atoms with van der Waals surface area (Å²) in [6, 6.07) is 19.1. The van der Waals surface area contributed by atoms with E-state index in [1.165, 1.54) is 17.4 Å². The van der Waals surface area contributed by atoms with Crippen molar-refractivity contribution in [3.05, 3.63) is 101 Å². The molecule has 0 aliphatic carbocycles. The molecule has 48 heavy (non-hydrogen) atoms. The quantitative estimate of drug-likeness (QED) is 0.115. The monoisotopic (exact) mass is 677 g/mol. The maximum Gasteiger partial charge on any atom is 0.410 e. The molecule has 1 heterocycles. The Balaban J connectivity index is 1.84. The molecule has 1 aromatic heterocycles. The Bertz CT molecular complexity index is 1450. The number of aromatic nitrogens is 1. The number of rotatable bonds is 17. The van der Waals surface area contributed by atoms with E-state index >= 15 is 0 Å². The van der Waals surface area contributed by atoms with Crippen LogP contribution in [0.2, 0.25) is 0 Å². The Morgan fingerprint density at radius 3 is 2.19 bits per heavy atom. The van der Waals surface area contributed by atoms with E-state index in [0.717, 1.165) is 11.1 Å². The van der Waals surface area contributed by atoms with Crippen LogP contribution in [0.4, 0.5) is 4.79 Å². The highest BCUT2D eigenvalue weighted by molar-refractivity contribution is 7.09. The fraction of sp³-hybridized carbons (Fsp3) is 0.474. The van der Waals surface area contributed by atoms with Crippen LogP contribution in [0.5, 0.6) is 0 Å². The number of esters is 1. The lowest BCUT2D eigenvalue weighted by atomic mass is 9.96. The van der Waals surface area contributed by atoms with Crippen molar-refractivity contribution in [2.45, 2.75) is 91.2 Å². The van der Waals surface area contributed by atoms with Crippen molar-refractivity contribution in [1.82, 2.24) is 15.2 Å². The molecule has 3 rings (SSSR count). The van der Waals surface area contributed by atoms with Gasteiger partial charge < -0.3 is 24.4 Å². The maximum atomic E-state index is 13.6. The van der Waals surface area contributed by atoms with Crippen molar-refractivity contribution in [1.29, 1.82) is 0 Å². The number of nitrogens with one attached hydrogen (secondary N) is 1. The summed E-state index contributed by atoms with van der Waals surface area (Å²) in [6.07, 6.45) is 2.02. The van der Waals surface area contributed by atoms with Gasteiger partial charge in [0, 0.05) is 30.9 Å². The summed E-state index contributed by atoms with van der Waals surface area (Å²) < 4.78 is 17.4. The fourth-order valence-corrected chi connectivity index (χ4v) is 6.13. The molecule has 2 aromatic carbocycles. The minimum atomic E-state index is -0.629. The molecule has 2 amide bonds. The van der Waals surface area contributed by atoms with Crippen molar-refractivity contribution in [3.8, 4) is 0 Å². The number of ether oxygens (including phenoxy) is 3. The van der Waals surface area contributed by atoms with E-state index in [1.54, 1.807) is 24.3 Å². The minimum absolute atomic E-state index is 0.0898. The first-order chi connectivity index (χ1) is 22.8. The molecule has 10 heteroatoms. The summed E-state index contributed by atoms with van der Waals surface area (Å²) in [7, 11) is 1.74. The number of benzene rings is 2. The van der Waals surface area contributed by atoms with Gasteiger partial charge in [-0.3, -0.25) is 9.59 Å². The average Bonchev–Trinajstić information content (AvgIpc) is 3.54. The lowest BCUT2D eigenvalue weighted by Gasteiger charge is -2.34. The van der Waals surface area contributed by atoms with Gasteiger partial charge >= 0.3 is 12.1 Å². The largest absolute Gasteiger partial charge is 0.461 e. The van der Waals surface area contributed by atoms with Crippen LogP contribution >= 0.6 is 11.3 Å². The summed E-state index contributed by atoms with van der Waals surface area (Å²) in [4.78, 5) is 45.6. The maximum absolute atomic E-state index is 13.6. The van der Waals surface area contributed by atoms with Gasteiger partial charge in [-0.05, 0) is 50.7 Å². The van der Waals surface area contributed by atoms with Crippen molar-refractivity contribution >= 4 is 29.3 Å². The summed E-state index contributed by atoms with van der Waals surface area (Å²) >= 11 is 1.35. The molecule has 0 unspecified atom stereocenters. The number of nitrogens with zero attached hydrogens (tertiary/aromatic N) is 2. The zero-order valence-corrected chi connectivity index (χ0v) is 30.1. The van der Waals surface area contributed by atoms with Crippen LogP contribution in [-0.2, 0) is 32.0 Å². The van der Waals surface area contributed by atoms with Gasteiger partial charge in [-0.2, -0.15) is 0 Å². The summed E-state index contributed by atoms with van der Waals surface area (Å²) in [6.45, 7) is 15.5. The number of hydrogen-bond acceptors (Lipinski definition) is 8. The Morgan fingerprint density at radius 1 is 0.979 bits per heavy atom. The first-order valence-corrected chi connectivity index (χ1v) is 17.3. The van der Waals surface area contributed by atoms with Gasteiger partial charge in [0.05, 0.1) is 12.5 Å². The van der Waals surface area contributed by atoms with E-state index in [4.69, 9.17) is 19.2 Å². The first-order valence-electron chi connectivity index (χ1n) is 16.5. The third-order valence-corrected chi connectivity index (χ3v) is 8.71. The lowest BCUT2D eigenvalue weighted by molar-refractivity contribution is -0.147. The normalized spacial score (nSPS) is 14.0. The van der Waals surface area contributed by atoms with E-state index in [2.05, 4.69) is 25.7 Å². The molecular weight excluding hydrogens is 627 g/mol. The van der Waals surface area contributed by atoms with Gasteiger partial charge in [0.2, 0.25) is 0 Å². The van der Waals surface area contributed by atoms with Crippen molar-refractivity contribution in [2.75, 3.05) is 13.7 Å². The molecule has 0 aliphatic rings. The highest BCUT2D eigenvalue weighted by Crippen LogP contribution is 2.31. The second kappa shape index (κ2) is 18.5. The standard InChI is InChI=1S/C38H51N3O6S/c1-9-20-45-36(43)27(4)21-30(22-28-16-12-10-13-17-28)39-34(42)31-25-48-35(40-31)33(46-24-29-18-14-11-15-19-29)23-32(26(2)3)41(8)37(44)47-38(5,6)7/h9-19,25-27,30,32-33H,1,20-24H2,2-8H3,(H,39,42)/t27-,30+,32+,33+/m0/s1. The predicted octanol–water partition coefficient (Wildman–Crippen LogP) is 7.78. The van der Waals surface area contributed by atoms with E-state index < -0.39 is 23.7 Å². The van der Waals surface area contributed by atoms with Crippen LogP contribution in [0.3, 0.4) is 0 Å². The predicted molar refractivity (Wildman–Crippen MR) is 190 cm³/mol. The molecule has 0 radical (unpaired) electrons. The molecule has 0 saturated heterocycles. The van der Waals surface area contributed by atoms with Crippen molar-refractivity contribution in [2.24, 2.45) is 11.8 Å². The highest BCUT2D eigenvalue weighted by atomic mass is 32.1. The van der Waals surface area contributed by atoms with E-state index in [0.29, 0.717) is 30.9 Å². The molecule has 9 nitrogen and oxygen atoms in total. The van der Waals surface area contributed by atoms with Crippen LogP contribution in [-0.4, -0.2) is 59.2 Å². The summed E-state index contributed by atoms with van der Waals surface area (Å²) in [5, 5.41) is 5.48. The number of amides is 2. The third-order valence-electron chi connectivity index (χ3n) is 7.77. The SMILES string of the molecule is C=CCOC(=O)[C@@H](C)C[C@H](Cc1ccccc1)NC(=O)c1csc([C@@H](C[C@H](C(C)C)N(C)C(=O)OC(C)(C)C)OCc2ccccc2)n1. The molecule has 4 atom stereocenters. The Hall–Kier alpha value is -4.02. The van der Waals surface area contributed by atoms with Gasteiger partial charge in [-0.25, -0.2) is 9.78 Å². The molecule has 3 aromatic rings. The second-order valence-electron chi connectivity index (χ2n) is 13.4. The number of hydrogen-bond donors (Lipinski definition) is 1. The van der Waals surface area contributed by atoms with Crippen LogP contribution in [0.15, 0.2) is 78.7 Å². The van der Waals surface area contributed by atoms with Gasteiger partial charge in [0.15, 0.2) is 0 Å². The lowest BCUT2D eigenvalue weighted by Crippen LogP contribution is -2.44. The summed E-state index contributed by atoms with van der Waals surface area (Å²) in [5.74, 6) is -1.02. The smallest absolute Gasteiger partial charge is 0.410 e. The molecule has 0 bridgehead atoms. The van der Waals surface area contributed by atoms with Gasteiger partial charge in [-0.1, -0.05) is 94.1 Å². The Labute approximate surface area is 289 Å². The van der Waals surface area contributed by atoms with E-state index in [-0.39, 0.29) is 42.2 Å². The zero-order valence-electron chi connectivity index (χ0n) is 29.3. The number of carbonyl (C=O) groups is 3. The minimum Gasteiger partial charge on any atom is -0.461 e. The molecule has 0 saturated carbocycles. The number of thiazole rings is 1. The molecule has 260 valence electrons. The van der Waals surface area contributed by atoms with E-state index in [9.17, 15) is 14.4 Å². The Morgan fingerprint density at radius 2 is 1.60 bits per heavy atom. The average molecular weight is 678 g/mol. The zero-order chi connectivity index (χ0) is 35.3. The van der Waals surface area contributed by atoms with Crippen LogP contribution in [0.25, 0.3) is 0 Å². The van der Waals surface area contributed by atoms with Gasteiger partial charge in [0.25, 0.3) is 5.91 Å². The van der Waals surface area contributed by atoms with Gasteiger partial charge in [0.1, 0.15) is 29.0 Å². The summed E-state index contributed by atoms with van der Waals surface area (Å²) in [5.41, 5.74) is 1.68. The highest BCUT2D eigenvalue weighted by Gasteiger charge is 2.32. The van der Waals surface area contributed by atoms with Gasteiger partial charge in [-0.15, -0.1) is 11.3 Å². The van der Waals surface area contributed by atoms with Crippen LogP contribution in [0, 0.1) is 11.8 Å². The second-order valence-corrected chi connectivity index (χ2v) is 14.3. The van der Waals surface area contributed by atoms with Crippen LogP contribution < -0.4 is 5.32 Å². The Kier molecular flexibility index (Phi) is 14.8. The van der Waals surface area contributed by atoms with Crippen LogP contribution in [0.1, 0.15) is 87.1 Å². The van der Waals surface area contributed by atoms with Crippen molar-refractivity contribution < 1.29 is 28.6 Å².